The molecule has 0 aliphatic rings. The lowest BCUT2D eigenvalue weighted by molar-refractivity contribution is -0.696. The largest absolute Gasteiger partial charge is 0.243 e. The van der Waals surface area contributed by atoms with Crippen LogP contribution < -0.4 is 4.57 Å². The quantitative estimate of drug-likeness (QED) is 0.681. The summed E-state index contributed by atoms with van der Waals surface area (Å²) in [6.07, 6.45) is 9.00. The highest BCUT2D eigenvalue weighted by atomic mass is 15.1. The number of aromatic nitrogens is 2. The summed E-state index contributed by atoms with van der Waals surface area (Å²) in [5, 5.41) is 0. The average Bonchev–Trinajstić information content (AvgIpc) is 2.80. The highest BCUT2D eigenvalue weighted by Crippen LogP contribution is 2.00. The monoisotopic (exact) mass is 227 g/mol. The molecular weight excluding hydrogens is 196 g/mol. The van der Waals surface area contributed by atoms with Gasteiger partial charge in [-0.05, 0) is 20.3 Å². The van der Waals surface area contributed by atoms with Crippen molar-refractivity contribution in [2.24, 2.45) is 0 Å². The molecule has 16 heavy (non-hydrogen) atoms. The number of unbranched alkanes of at least 4 members (excludes halogenated alkanes) is 1. The first-order chi connectivity index (χ1) is 7.74. The first-order valence-corrected chi connectivity index (χ1v) is 6.80. The van der Waals surface area contributed by atoms with Gasteiger partial charge in [-0.2, -0.15) is 0 Å². The maximum Gasteiger partial charge on any atom is 0.243 e. The van der Waals surface area contributed by atoms with Crippen molar-refractivity contribution < 1.29 is 4.57 Å². The molecule has 0 saturated carbocycles. The van der Waals surface area contributed by atoms with Crippen molar-refractivity contribution in [1.82, 2.24) is 4.57 Å². The number of aryl methyl sites for hydroxylation is 1. The van der Waals surface area contributed by atoms with Gasteiger partial charge < -0.3 is 0 Å². The second-order valence-electron chi connectivity index (χ2n) is 3.55. The van der Waals surface area contributed by atoms with Crippen LogP contribution >= 0.6 is 0 Å². The first-order valence-electron chi connectivity index (χ1n) is 6.80. The Balaban J connectivity index is 0. The minimum Gasteiger partial charge on any atom is -0.237 e. The zero-order valence-corrected chi connectivity index (χ0v) is 12.3. The van der Waals surface area contributed by atoms with E-state index in [9.17, 15) is 0 Å². The second-order valence-corrected chi connectivity index (χ2v) is 3.55. The third-order valence-electron chi connectivity index (χ3n) is 2.08. The summed E-state index contributed by atoms with van der Waals surface area (Å²) in [5.41, 5.74) is 0. The molecule has 1 heterocycles. The van der Waals surface area contributed by atoms with Crippen LogP contribution in [0.2, 0.25) is 0 Å². The van der Waals surface area contributed by atoms with Gasteiger partial charge in [0.05, 0.1) is 12.6 Å². The molecule has 0 spiro atoms. The van der Waals surface area contributed by atoms with Crippen molar-refractivity contribution in [3.8, 4) is 0 Å². The highest BCUT2D eigenvalue weighted by molar-refractivity contribution is 4.69. The van der Waals surface area contributed by atoms with Crippen molar-refractivity contribution in [2.45, 2.75) is 73.9 Å². The molecule has 1 rings (SSSR count). The van der Waals surface area contributed by atoms with Crippen LogP contribution in [0.3, 0.4) is 0 Å². The number of rotatable bonds is 4. The van der Waals surface area contributed by atoms with E-state index < -0.39 is 0 Å². The lowest BCUT2D eigenvalue weighted by Gasteiger charge is -1.97. The third kappa shape index (κ3) is 7.49. The number of imidazole rings is 1. The van der Waals surface area contributed by atoms with Gasteiger partial charge in [0.2, 0.25) is 6.33 Å². The maximum absolute atomic E-state index is 2.25. The van der Waals surface area contributed by atoms with Crippen LogP contribution in [-0.2, 0) is 6.54 Å². The summed E-state index contributed by atoms with van der Waals surface area (Å²) in [4.78, 5) is 0. The summed E-state index contributed by atoms with van der Waals surface area (Å²) < 4.78 is 4.49. The van der Waals surface area contributed by atoms with Gasteiger partial charge >= 0.3 is 0 Å². The molecule has 0 aromatic carbocycles. The van der Waals surface area contributed by atoms with Crippen molar-refractivity contribution >= 4 is 0 Å². The summed E-state index contributed by atoms with van der Waals surface area (Å²) in [7, 11) is 0. The van der Waals surface area contributed by atoms with Gasteiger partial charge in [0.1, 0.15) is 12.4 Å². The van der Waals surface area contributed by atoms with Crippen LogP contribution in [0.4, 0.5) is 0 Å². The molecule has 0 unspecified atom stereocenters. The fourth-order valence-electron chi connectivity index (χ4n) is 1.19. The number of hydrogen-bond donors (Lipinski definition) is 0. The van der Waals surface area contributed by atoms with Crippen molar-refractivity contribution in [3.05, 3.63) is 18.7 Å². The molecule has 0 saturated heterocycles. The van der Waals surface area contributed by atoms with Gasteiger partial charge in [-0.15, -0.1) is 0 Å². The molecule has 0 radical (unpaired) electrons. The average molecular weight is 227 g/mol. The van der Waals surface area contributed by atoms with Crippen LogP contribution in [-0.4, -0.2) is 4.57 Å². The second kappa shape index (κ2) is 12.3. The fourth-order valence-corrected chi connectivity index (χ4v) is 1.19. The normalized spacial score (nSPS) is 9.00. The van der Waals surface area contributed by atoms with E-state index in [0.29, 0.717) is 6.04 Å². The van der Waals surface area contributed by atoms with E-state index in [4.69, 9.17) is 0 Å². The summed E-state index contributed by atoms with van der Waals surface area (Å²) in [6, 6.07) is 0.577. The predicted octanol–water partition coefficient (Wildman–Crippen LogP) is 4.21. The minimum atomic E-state index is 0.577. The molecule has 96 valence electrons. The molecule has 2 nitrogen and oxygen atoms in total. The molecule has 0 atom stereocenters. The minimum absolute atomic E-state index is 0.577. The molecular formula is C14H31N2+. The van der Waals surface area contributed by atoms with Crippen LogP contribution in [0.25, 0.3) is 0 Å². The van der Waals surface area contributed by atoms with Crippen LogP contribution in [0, 0.1) is 0 Å². The van der Waals surface area contributed by atoms with E-state index in [-0.39, 0.29) is 0 Å². The standard InChI is InChI=1S/C10H19N2.2C2H6/c1-4-5-6-11-7-8-12(9-11)10(2)3;2*1-2/h7-10H,4-6H2,1-3H3;2*1-2H3/q+1;;. The number of nitrogens with zero attached hydrogens (tertiary/aromatic N) is 2. The SMILES string of the molecule is CC.CC.CCCC[n+]1ccn(C(C)C)c1. The Morgan fingerprint density at radius 1 is 1.12 bits per heavy atom. The highest BCUT2D eigenvalue weighted by Gasteiger charge is 2.05. The zero-order valence-electron chi connectivity index (χ0n) is 12.3. The smallest absolute Gasteiger partial charge is 0.237 e. The molecule has 1 aromatic heterocycles. The third-order valence-corrected chi connectivity index (χ3v) is 2.08. The van der Waals surface area contributed by atoms with E-state index in [1.807, 2.05) is 27.7 Å². The van der Waals surface area contributed by atoms with Gasteiger partial charge in [-0.3, -0.25) is 0 Å². The van der Waals surface area contributed by atoms with Crippen molar-refractivity contribution in [1.29, 1.82) is 0 Å². The first kappa shape index (κ1) is 17.6. The number of hydrogen-bond acceptors (Lipinski definition) is 0. The molecule has 0 aliphatic carbocycles. The van der Waals surface area contributed by atoms with Crippen molar-refractivity contribution in [2.75, 3.05) is 0 Å². The zero-order chi connectivity index (χ0) is 13.0. The molecule has 0 fully saturated rings. The van der Waals surface area contributed by atoms with Crippen LogP contribution in [0.1, 0.15) is 67.3 Å². The maximum atomic E-state index is 2.25. The Morgan fingerprint density at radius 2 is 1.69 bits per heavy atom. The van der Waals surface area contributed by atoms with Gasteiger partial charge in [0, 0.05) is 0 Å². The molecule has 0 aliphatic heterocycles. The van der Waals surface area contributed by atoms with Crippen LogP contribution in [0.5, 0.6) is 0 Å². The Hall–Kier alpha value is -0.790. The fraction of sp³-hybridized carbons (Fsp3) is 0.786. The molecule has 1 aromatic rings. The van der Waals surface area contributed by atoms with E-state index in [1.54, 1.807) is 0 Å². The Morgan fingerprint density at radius 3 is 2.06 bits per heavy atom. The topological polar surface area (TPSA) is 8.81 Å². The van der Waals surface area contributed by atoms with Crippen LogP contribution in [0.15, 0.2) is 18.7 Å². The Bertz CT molecular complexity index is 226. The molecule has 0 amide bonds. The Kier molecular flexibility index (Phi) is 13.5. The van der Waals surface area contributed by atoms with E-state index in [2.05, 4.69) is 48.6 Å². The van der Waals surface area contributed by atoms with E-state index in [0.717, 1.165) is 6.54 Å². The van der Waals surface area contributed by atoms with E-state index in [1.165, 1.54) is 12.8 Å². The van der Waals surface area contributed by atoms with Gasteiger partial charge in [0.15, 0.2) is 0 Å². The summed E-state index contributed by atoms with van der Waals surface area (Å²) in [5.74, 6) is 0. The summed E-state index contributed by atoms with van der Waals surface area (Å²) in [6.45, 7) is 15.8. The van der Waals surface area contributed by atoms with Crippen molar-refractivity contribution in [3.63, 3.8) is 0 Å². The van der Waals surface area contributed by atoms with Gasteiger partial charge in [0.25, 0.3) is 0 Å². The molecule has 2 heteroatoms. The lowest BCUT2D eigenvalue weighted by Crippen LogP contribution is -2.30. The summed E-state index contributed by atoms with van der Waals surface area (Å²) >= 11 is 0. The Labute approximate surface area is 102 Å². The molecule has 0 bridgehead atoms. The van der Waals surface area contributed by atoms with Gasteiger partial charge in [-0.25, -0.2) is 9.13 Å². The van der Waals surface area contributed by atoms with Gasteiger partial charge in [-0.1, -0.05) is 41.0 Å². The molecule has 0 N–H and O–H groups in total. The van der Waals surface area contributed by atoms with E-state index >= 15 is 0 Å². The predicted molar refractivity (Wildman–Crippen MR) is 72.6 cm³/mol. The lowest BCUT2D eigenvalue weighted by atomic mass is 10.3.